The van der Waals surface area contributed by atoms with Crippen LogP contribution in [0.4, 0.5) is 0 Å². The number of hydrogen-bond acceptors (Lipinski definition) is 3. The highest BCUT2D eigenvalue weighted by atomic mass is 32.2. The molecule has 0 amide bonds. The second-order valence-electron chi connectivity index (χ2n) is 3.36. The zero-order valence-corrected chi connectivity index (χ0v) is 8.89. The molecule has 74 valence electrons. The van der Waals surface area contributed by atoms with E-state index in [2.05, 4.69) is 6.58 Å². The van der Waals surface area contributed by atoms with Crippen LogP contribution in [-0.2, 0) is 9.84 Å². The van der Waals surface area contributed by atoms with Crippen LogP contribution in [0.5, 0.6) is 0 Å². The van der Waals surface area contributed by atoms with E-state index in [4.69, 9.17) is 0 Å². The van der Waals surface area contributed by atoms with Crippen molar-refractivity contribution in [3.8, 4) is 0 Å². The molecule has 13 heavy (non-hydrogen) atoms. The number of hydrogen-bond donors (Lipinski definition) is 0. The molecule has 1 saturated heterocycles. The van der Waals surface area contributed by atoms with E-state index < -0.39 is 9.84 Å². The highest BCUT2D eigenvalue weighted by molar-refractivity contribution is 7.92. The summed E-state index contributed by atoms with van der Waals surface area (Å²) in [5, 5.41) is 0. The molecular weight excluding hydrogens is 186 g/mol. The molecule has 4 heteroatoms. The minimum absolute atomic E-state index is 0.121. The van der Waals surface area contributed by atoms with Crippen molar-refractivity contribution in [3.05, 3.63) is 23.9 Å². The lowest BCUT2D eigenvalue weighted by Crippen LogP contribution is -2.10. The Morgan fingerprint density at radius 2 is 2.15 bits per heavy atom. The van der Waals surface area contributed by atoms with Crippen molar-refractivity contribution in [3.63, 3.8) is 0 Å². The topological polar surface area (TPSA) is 37.4 Å². The van der Waals surface area contributed by atoms with Gasteiger partial charge in [-0.1, -0.05) is 6.58 Å². The first-order valence-electron chi connectivity index (χ1n) is 4.24. The zero-order chi connectivity index (χ0) is 10.1. The van der Waals surface area contributed by atoms with Gasteiger partial charge < -0.3 is 4.90 Å². The van der Waals surface area contributed by atoms with Crippen LogP contribution in [0.25, 0.3) is 0 Å². The van der Waals surface area contributed by atoms with E-state index in [1.54, 1.807) is 0 Å². The molecule has 0 unspecified atom stereocenters. The van der Waals surface area contributed by atoms with Gasteiger partial charge in [0.15, 0.2) is 9.84 Å². The summed E-state index contributed by atoms with van der Waals surface area (Å²) in [6.45, 7) is 6.63. The average molecular weight is 201 g/mol. The van der Waals surface area contributed by atoms with Gasteiger partial charge in [0.25, 0.3) is 0 Å². The van der Waals surface area contributed by atoms with Crippen molar-refractivity contribution in [1.29, 1.82) is 0 Å². The molecule has 1 fully saturated rings. The van der Waals surface area contributed by atoms with Gasteiger partial charge in [-0.05, 0) is 18.1 Å². The summed E-state index contributed by atoms with van der Waals surface area (Å²) in [5.74, 6) is 0.270. The van der Waals surface area contributed by atoms with Gasteiger partial charge in [-0.15, -0.1) is 0 Å². The van der Waals surface area contributed by atoms with E-state index in [0.717, 1.165) is 17.7 Å². The fraction of sp³-hybridized carbons (Fsp3) is 0.556. The van der Waals surface area contributed by atoms with Gasteiger partial charge in [0, 0.05) is 19.8 Å². The maximum Gasteiger partial charge on any atom is 0.158 e. The van der Waals surface area contributed by atoms with E-state index in [-0.39, 0.29) is 11.5 Å². The minimum atomic E-state index is -2.89. The largest absolute Gasteiger partial charge is 0.380 e. The molecule has 0 N–H and O–H groups in total. The third-order valence-corrected chi connectivity index (χ3v) is 3.64. The lowest BCUT2D eigenvalue weighted by molar-refractivity contribution is 0.481. The first-order chi connectivity index (χ1) is 5.94. The molecule has 0 spiro atoms. The Balaban J connectivity index is 2.85. The van der Waals surface area contributed by atoms with Gasteiger partial charge in [-0.3, -0.25) is 0 Å². The molecule has 1 aliphatic rings. The molecule has 0 aliphatic carbocycles. The van der Waals surface area contributed by atoms with Crippen LogP contribution in [-0.4, -0.2) is 38.4 Å². The SMILES string of the molecule is C=C1CS(=O)(=O)C/C1=C/N(C)CC. The maximum atomic E-state index is 11.2. The summed E-state index contributed by atoms with van der Waals surface area (Å²) in [6, 6.07) is 0. The Labute approximate surface area is 79.7 Å². The van der Waals surface area contributed by atoms with Crippen LogP contribution in [0, 0.1) is 0 Å². The summed E-state index contributed by atoms with van der Waals surface area (Å²) < 4.78 is 22.4. The van der Waals surface area contributed by atoms with Crippen LogP contribution >= 0.6 is 0 Å². The predicted octanol–water partition coefficient (Wildman–Crippen LogP) is 0.807. The first kappa shape index (κ1) is 10.3. The third-order valence-electron chi connectivity index (χ3n) is 2.10. The van der Waals surface area contributed by atoms with Gasteiger partial charge in [-0.25, -0.2) is 8.42 Å². The summed E-state index contributed by atoms with van der Waals surface area (Å²) in [7, 11) is -0.971. The fourth-order valence-electron chi connectivity index (χ4n) is 1.23. The molecule has 1 aliphatic heterocycles. The van der Waals surface area contributed by atoms with Crippen molar-refractivity contribution in [2.75, 3.05) is 25.1 Å². The van der Waals surface area contributed by atoms with Crippen LogP contribution < -0.4 is 0 Å². The molecule has 0 aromatic rings. The summed E-state index contributed by atoms with van der Waals surface area (Å²) in [6.07, 6.45) is 1.87. The van der Waals surface area contributed by atoms with Gasteiger partial charge in [0.1, 0.15) is 0 Å². The standard InChI is InChI=1S/C9H15NO2S/c1-4-10(3)5-9-7-13(11,12)6-8(9)2/h5H,2,4,6-7H2,1,3H3/b9-5-. The summed E-state index contributed by atoms with van der Waals surface area (Å²) in [5.41, 5.74) is 1.59. The normalized spacial score (nSPS) is 23.8. The van der Waals surface area contributed by atoms with E-state index >= 15 is 0 Å². The van der Waals surface area contributed by atoms with Crippen molar-refractivity contribution in [2.24, 2.45) is 0 Å². The molecular formula is C9H15NO2S. The average Bonchev–Trinajstić information content (AvgIpc) is 2.24. The second kappa shape index (κ2) is 3.54. The van der Waals surface area contributed by atoms with Gasteiger partial charge in [0.2, 0.25) is 0 Å². The van der Waals surface area contributed by atoms with Crippen molar-refractivity contribution >= 4 is 9.84 Å². The molecule has 0 atom stereocenters. The summed E-state index contributed by atoms with van der Waals surface area (Å²) >= 11 is 0. The summed E-state index contributed by atoms with van der Waals surface area (Å²) in [4.78, 5) is 1.96. The second-order valence-corrected chi connectivity index (χ2v) is 5.43. The number of sulfone groups is 1. The van der Waals surface area contributed by atoms with Gasteiger partial charge >= 0.3 is 0 Å². The zero-order valence-electron chi connectivity index (χ0n) is 8.08. The van der Waals surface area contributed by atoms with Crippen LogP contribution in [0.1, 0.15) is 6.92 Å². The van der Waals surface area contributed by atoms with Crippen molar-refractivity contribution in [1.82, 2.24) is 4.90 Å². The smallest absolute Gasteiger partial charge is 0.158 e. The quantitative estimate of drug-likeness (QED) is 0.663. The highest BCUT2D eigenvalue weighted by Gasteiger charge is 2.25. The maximum absolute atomic E-state index is 11.2. The van der Waals surface area contributed by atoms with E-state index in [0.29, 0.717) is 0 Å². The van der Waals surface area contributed by atoms with E-state index in [1.165, 1.54) is 0 Å². The van der Waals surface area contributed by atoms with Crippen LogP contribution in [0.2, 0.25) is 0 Å². The van der Waals surface area contributed by atoms with Crippen LogP contribution in [0.15, 0.2) is 23.9 Å². The molecule has 0 radical (unpaired) electrons. The molecule has 0 saturated carbocycles. The Bertz CT molecular complexity index is 341. The van der Waals surface area contributed by atoms with Gasteiger partial charge in [-0.2, -0.15) is 0 Å². The Morgan fingerprint density at radius 3 is 2.54 bits per heavy atom. The van der Waals surface area contributed by atoms with E-state index in [9.17, 15) is 8.42 Å². The molecule has 1 heterocycles. The first-order valence-corrected chi connectivity index (χ1v) is 6.06. The Hall–Kier alpha value is -0.770. The van der Waals surface area contributed by atoms with E-state index in [1.807, 2.05) is 25.1 Å². The van der Waals surface area contributed by atoms with Crippen molar-refractivity contribution < 1.29 is 8.42 Å². The highest BCUT2D eigenvalue weighted by Crippen LogP contribution is 2.22. The van der Waals surface area contributed by atoms with Crippen molar-refractivity contribution in [2.45, 2.75) is 6.92 Å². The van der Waals surface area contributed by atoms with Crippen LogP contribution in [0.3, 0.4) is 0 Å². The third kappa shape index (κ3) is 2.59. The van der Waals surface area contributed by atoms with Gasteiger partial charge in [0.05, 0.1) is 11.5 Å². The number of nitrogens with zero attached hydrogens (tertiary/aromatic N) is 1. The Morgan fingerprint density at radius 1 is 1.54 bits per heavy atom. The Kier molecular flexibility index (Phi) is 2.81. The molecule has 1 rings (SSSR count). The monoisotopic (exact) mass is 201 g/mol. The number of rotatable bonds is 2. The molecule has 3 nitrogen and oxygen atoms in total. The lowest BCUT2D eigenvalue weighted by atomic mass is 10.2. The fourth-order valence-corrected chi connectivity index (χ4v) is 2.80. The molecule has 0 bridgehead atoms. The predicted molar refractivity (Wildman–Crippen MR) is 54.2 cm³/mol. The lowest BCUT2D eigenvalue weighted by Gasteiger charge is -2.11. The molecule has 0 aromatic heterocycles. The minimum Gasteiger partial charge on any atom is -0.380 e. The molecule has 0 aromatic carbocycles.